The SMILES string of the molecule is O=C(c1cc(-c2ccc(F)c(F)c2)c2cn[nH]c2c1)N1CCC(F)C1. The summed E-state index contributed by atoms with van der Waals surface area (Å²) in [5, 5.41) is 7.43. The first-order valence-corrected chi connectivity index (χ1v) is 7.89. The Balaban J connectivity index is 1.82. The molecule has 1 fully saturated rings. The Bertz CT molecular complexity index is 969. The monoisotopic (exact) mass is 345 g/mol. The summed E-state index contributed by atoms with van der Waals surface area (Å²) in [6, 6.07) is 6.82. The van der Waals surface area contributed by atoms with E-state index in [0.29, 0.717) is 40.6 Å². The number of alkyl halides is 1. The lowest BCUT2D eigenvalue weighted by molar-refractivity contribution is 0.0783. The van der Waals surface area contributed by atoms with Crippen molar-refractivity contribution in [2.75, 3.05) is 13.1 Å². The van der Waals surface area contributed by atoms with Crippen LogP contribution in [0.3, 0.4) is 0 Å². The average molecular weight is 345 g/mol. The third kappa shape index (κ3) is 2.75. The maximum Gasteiger partial charge on any atom is 0.254 e. The fourth-order valence-electron chi connectivity index (χ4n) is 3.16. The molecule has 1 N–H and O–H groups in total. The van der Waals surface area contributed by atoms with Gasteiger partial charge in [-0.25, -0.2) is 13.2 Å². The lowest BCUT2D eigenvalue weighted by Gasteiger charge is -2.16. The number of hydrogen-bond donors (Lipinski definition) is 1. The minimum absolute atomic E-state index is 0.0698. The first-order chi connectivity index (χ1) is 12.0. The van der Waals surface area contributed by atoms with Crippen LogP contribution >= 0.6 is 0 Å². The number of nitrogens with zero attached hydrogens (tertiary/aromatic N) is 2. The topological polar surface area (TPSA) is 49.0 Å². The second-order valence-corrected chi connectivity index (χ2v) is 6.12. The molecule has 2 aromatic carbocycles. The summed E-state index contributed by atoms with van der Waals surface area (Å²) < 4.78 is 40.2. The van der Waals surface area contributed by atoms with Gasteiger partial charge >= 0.3 is 0 Å². The number of fused-ring (bicyclic) bond motifs is 1. The number of nitrogens with one attached hydrogen (secondary N) is 1. The van der Waals surface area contributed by atoms with Crippen LogP contribution in [0.15, 0.2) is 36.5 Å². The molecule has 1 aromatic heterocycles. The van der Waals surface area contributed by atoms with E-state index in [1.807, 2.05) is 0 Å². The highest BCUT2D eigenvalue weighted by atomic mass is 19.2. The molecule has 1 unspecified atom stereocenters. The van der Waals surface area contributed by atoms with E-state index in [-0.39, 0.29) is 12.5 Å². The molecule has 2 heterocycles. The van der Waals surface area contributed by atoms with E-state index < -0.39 is 17.8 Å². The zero-order chi connectivity index (χ0) is 17.6. The highest BCUT2D eigenvalue weighted by Crippen LogP contribution is 2.31. The molecule has 0 saturated carbocycles. The number of amides is 1. The summed E-state index contributed by atoms with van der Waals surface area (Å²) >= 11 is 0. The molecule has 0 bridgehead atoms. The van der Waals surface area contributed by atoms with Gasteiger partial charge < -0.3 is 4.90 Å². The minimum Gasteiger partial charge on any atom is -0.336 e. The molecule has 7 heteroatoms. The van der Waals surface area contributed by atoms with Crippen LogP contribution in [-0.4, -0.2) is 40.3 Å². The number of aromatic nitrogens is 2. The van der Waals surface area contributed by atoms with Crippen LogP contribution in [0.25, 0.3) is 22.0 Å². The first kappa shape index (κ1) is 15.7. The second kappa shape index (κ2) is 5.91. The smallest absolute Gasteiger partial charge is 0.254 e. The van der Waals surface area contributed by atoms with Gasteiger partial charge in [-0.2, -0.15) is 5.10 Å². The molecule has 4 nitrogen and oxygen atoms in total. The van der Waals surface area contributed by atoms with Crippen LogP contribution in [0, 0.1) is 11.6 Å². The largest absolute Gasteiger partial charge is 0.336 e. The van der Waals surface area contributed by atoms with E-state index in [0.717, 1.165) is 12.1 Å². The van der Waals surface area contributed by atoms with Gasteiger partial charge in [-0.15, -0.1) is 0 Å². The summed E-state index contributed by atoms with van der Waals surface area (Å²) in [6.45, 7) is 0.432. The molecular weight excluding hydrogens is 331 g/mol. The van der Waals surface area contributed by atoms with E-state index in [4.69, 9.17) is 0 Å². The summed E-state index contributed by atoms with van der Waals surface area (Å²) in [4.78, 5) is 14.1. The summed E-state index contributed by atoms with van der Waals surface area (Å²) in [5.74, 6) is -2.20. The number of hydrogen-bond acceptors (Lipinski definition) is 2. The number of benzene rings is 2. The molecule has 3 aromatic rings. The molecule has 1 saturated heterocycles. The number of carbonyl (C=O) groups excluding carboxylic acids is 1. The number of H-pyrrole nitrogens is 1. The average Bonchev–Trinajstić information content (AvgIpc) is 3.24. The predicted octanol–water partition coefficient (Wildman–Crippen LogP) is 3.69. The van der Waals surface area contributed by atoms with Gasteiger partial charge in [-0.1, -0.05) is 6.07 Å². The second-order valence-electron chi connectivity index (χ2n) is 6.12. The number of carbonyl (C=O) groups is 1. The normalized spacial score (nSPS) is 17.4. The van der Waals surface area contributed by atoms with E-state index in [1.54, 1.807) is 18.3 Å². The molecule has 4 rings (SSSR count). The zero-order valence-corrected chi connectivity index (χ0v) is 13.1. The molecule has 0 radical (unpaired) electrons. The fourth-order valence-corrected chi connectivity index (χ4v) is 3.16. The summed E-state index contributed by atoms with van der Waals surface area (Å²) in [6.07, 6.45) is 0.882. The highest BCUT2D eigenvalue weighted by Gasteiger charge is 2.27. The number of aromatic amines is 1. The Kier molecular flexibility index (Phi) is 3.71. The first-order valence-electron chi connectivity index (χ1n) is 7.89. The van der Waals surface area contributed by atoms with E-state index in [2.05, 4.69) is 10.2 Å². The number of likely N-dealkylation sites (tertiary alicyclic amines) is 1. The van der Waals surface area contributed by atoms with Crippen molar-refractivity contribution in [3.63, 3.8) is 0 Å². The van der Waals surface area contributed by atoms with Gasteiger partial charge in [0, 0.05) is 17.5 Å². The molecule has 1 amide bonds. The van der Waals surface area contributed by atoms with Gasteiger partial charge in [0.25, 0.3) is 5.91 Å². The molecule has 0 aliphatic carbocycles. The van der Waals surface area contributed by atoms with Crippen LogP contribution in [0.1, 0.15) is 16.8 Å². The standard InChI is InChI=1S/C18H14F3N3O/c19-12-3-4-24(9-12)18(25)11-5-13(14-8-22-23-17(14)7-11)10-1-2-15(20)16(21)6-10/h1-2,5-8,12H,3-4,9H2,(H,22,23). The van der Waals surface area contributed by atoms with Gasteiger partial charge in [-0.05, 0) is 41.8 Å². The van der Waals surface area contributed by atoms with E-state index >= 15 is 0 Å². The van der Waals surface area contributed by atoms with Gasteiger partial charge in [0.1, 0.15) is 6.17 Å². The van der Waals surface area contributed by atoms with Crippen molar-refractivity contribution in [3.05, 3.63) is 53.7 Å². The molecule has 128 valence electrons. The molecule has 1 atom stereocenters. The van der Waals surface area contributed by atoms with Gasteiger partial charge in [0.2, 0.25) is 0 Å². The predicted molar refractivity (Wildman–Crippen MR) is 86.9 cm³/mol. The Labute approximate surface area is 141 Å². The zero-order valence-electron chi connectivity index (χ0n) is 13.1. The van der Waals surface area contributed by atoms with Crippen molar-refractivity contribution in [3.8, 4) is 11.1 Å². The highest BCUT2D eigenvalue weighted by molar-refractivity contribution is 6.03. The third-order valence-electron chi connectivity index (χ3n) is 4.45. The maximum atomic E-state index is 13.6. The van der Waals surface area contributed by atoms with Crippen LogP contribution < -0.4 is 0 Å². The van der Waals surface area contributed by atoms with Gasteiger partial charge in [0.15, 0.2) is 11.6 Å². The van der Waals surface area contributed by atoms with Crippen LogP contribution in [0.5, 0.6) is 0 Å². The van der Waals surface area contributed by atoms with Crippen LogP contribution in [0.4, 0.5) is 13.2 Å². The van der Waals surface area contributed by atoms with E-state index in [9.17, 15) is 18.0 Å². The molecule has 25 heavy (non-hydrogen) atoms. The molecule has 0 spiro atoms. The van der Waals surface area contributed by atoms with Crippen molar-refractivity contribution in [1.29, 1.82) is 0 Å². The summed E-state index contributed by atoms with van der Waals surface area (Å²) in [7, 11) is 0. The van der Waals surface area contributed by atoms with Crippen molar-refractivity contribution in [2.45, 2.75) is 12.6 Å². The van der Waals surface area contributed by atoms with Crippen LogP contribution in [0.2, 0.25) is 0 Å². The van der Waals surface area contributed by atoms with Gasteiger partial charge in [0.05, 0.1) is 18.3 Å². The Morgan fingerprint density at radius 3 is 2.76 bits per heavy atom. The maximum absolute atomic E-state index is 13.6. The van der Waals surface area contributed by atoms with Crippen molar-refractivity contribution < 1.29 is 18.0 Å². The van der Waals surface area contributed by atoms with Gasteiger partial charge in [-0.3, -0.25) is 9.89 Å². The quantitative estimate of drug-likeness (QED) is 0.770. The molecule has 1 aliphatic rings. The van der Waals surface area contributed by atoms with Crippen molar-refractivity contribution in [1.82, 2.24) is 15.1 Å². The molecule has 1 aliphatic heterocycles. The molecular formula is C18H14F3N3O. The lowest BCUT2D eigenvalue weighted by atomic mass is 9.98. The Morgan fingerprint density at radius 2 is 2.04 bits per heavy atom. The van der Waals surface area contributed by atoms with Crippen molar-refractivity contribution in [2.24, 2.45) is 0 Å². The lowest BCUT2D eigenvalue weighted by Crippen LogP contribution is -2.28. The third-order valence-corrected chi connectivity index (χ3v) is 4.45. The summed E-state index contributed by atoms with van der Waals surface area (Å²) in [5.41, 5.74) is 1.95. The van der Waals surface area contributed by atoms with E-state index in [1.165, 1.54) is 11.0 Å². The Morgan fingerprint density at radius 1 is 1.20 bits per heavy atom. The number of rotatable bonds is 2. The van der Waals surface area contributed by atoms with Crippen molar-refractivity contribution >= 4 is 16.8 Å². The van der Waals surface area contributed by atoms with Crippen LogP contribution in [-0.2, 0) is 0 Å². The number of halogens is 3. The fraction of sp³-hybridized carbons (Fsp3) is 0.222. The Hall–Kier alpha value is -2.83. The minimum atomic E-state index is -1.01.